The van der Waals surface area contributed by atoms with Gasteiger partial charge in [0.25, 0.3) is 5.91 Å². The van der Waals surface area contributed by atoms with Gasteiger partial charge in [0.1, 0.15) is 0 Å². The Balaban J connectivity index is 1.27. The Morgan fingerprint density at radius 2 is 1.61 bits per heavy atom. The summed E-state index contributed by atoms with van der Waals surface area (Å²) in [7, 11) is 0. The highest BCUT2D eigenvalue weighted by atomic mass is 16.5. The van der Waals surface area contributed by atoms with Crippen molar-refractivity contribution in [3.8, 4) is 11.4 Å². The summed E-state index contributed by atoms with van der Waals surface area (Å²) >= 11 is 0. The first kappa shape index (κ1) is 20.8. The summed E-state index contributed by atoms with van der Waals surface area (Å²) in [5.74, 6) is 1.03. The molecule has 31 heavy (non-hydrogen) atoms. The second-order valence-corrected chi connectivity index (χ2v) is 8.03. The number of nitrogens with one attached hydrogen (secondary N) is 1. The Bertz CT molecular complexity index is 1050. The zero-order valence-corrected chi connectivity index (χ0v) is 17.8. The van der Waals surface area contributed by atoms with E-state index < -0.39 is 0 Å². The molecule has 160 valence electrons. The molecule has 7 heteroatoms. The van der Waals surface area contributed by atoms with Gasteiger partial charge in [-0.3, -0.25) is 9.59 Å². The lowest BCUT2D eigenvalue weighted by atomic mass is 9.96. The number of benzene rings is 2. The van der Waals surface area contributed by atoms with Crippen LogP contribution in [0.4, 0.5) is 0 Å². The molecule has 0 unspecified atom stereocenters. The number of carbonyl (C=O) groups is 2. The van der Waals surface area contributed by atoms with Crippen LogP contribution in [0, 0.1) is 13.8 Å². The number of nitrogens with zero attached hydrogens (tertiary/aromatic N) is 3. The van der Waals surface area contributed by atoms with Crippen LogP contribution in [0.2, 0.25) is 0 Å². The van der Waals surface area contributed by atoms with Crippen molar-refractivity contribution in [2.45, 2.75) is 32.6 Å². The standard InChI is InChI=1S/C24H26N4O3/c1-16-3-7-18(8-4-16)22-26-24(31-27-22)20-11-13-28(14-12-20)21(29)15-25-23(30)19-9-5-17(2)6-10-19/h3-10,20H,11-15H2,1-2H3,(H,25,30). The molecule has 0 radical (unpaired) electrons. The number of hydrogen-bond acceptors (Lipinski definition) is 5. The summed E-state index contributed by atoms with van der Waals surface area (Å²) < 4.78 is 5.50. The van der Waals surface area contributed by atoms with Gasteiger partial charge in [0.2, 0.25) is 17.6 Å². The molecule has 1 aliphatic rings. The van der Waals surface area contributed by atoms with E-state index in [-0.39, 0.29) is 24.3 Å². The van der Waals surface area contributed by atoms with Crippen molar-refractivity contribution in [3.63, 3.8) is 0 Å². The number of aromatic nitrogens is 2. The predicted octanol–water partition coefficient (Wildman–Crippen LogP) is 3.49. The maximum atomic E-state index is 12.5. The Hall–Kier alpha value is -3.48. The van der Waals surface area contributed by atoms with Crippen molar-refractivity contribution in [1.82, 2.24) is 20.4 Å². The van der Waals surface area contributed by atoms with Gasteiger partial charge >= 0.3 is 0 Å². The molecule has 0 atom stereocenters. The minimum atomic E-state index is -0.238. The van der Waals surface area contributed by atoms with Crippen LogP contribution in [0.25, 0.3) is 11.4 Å². The molecular weight excluding hydrogens is 392 g/mol. The first-order valence-corrected chi connectivity index (χ1v) is 10.5. The van der Waals surface area contributed by atoms with Crippen molar-refractivity contribution in [2.75, 3.05) is 19.6 Å². The fourth-order valence-corrected chi connectivity index (χ4v) is 3.67. The molecule has 0 bridgehead atoms. The van der Waals surface area contributed by atoms with Gasteiger partial charge in [-0.2, -0.15) is 4.98 Å². The number of amides is 2. The van der Waals surface area contributed by atoms with Crippen LogP contribution in [0.3, 0.4) is 0 Å². The molecule has 1 N–H and O–H groups in total. The molecule has 0 aliphatic carbocycles. The maximum Gasteiger partial charge on any atom is 0.251 e. The zero-order chi connectivity index (χ0) is 21.8. The summed E-state index contributed by atoms with van der Waals surface area (Å²) in [6.45, 7) is 5.20. The molecule has 2 aromatic carbocycles. The van der Waals surface area contributed by atoms with E-state index in [0.717, 1.165) is 24.0 Å². The quantitative estimate of drug-likeness (QED) is 0.685. The van der Waals surface area contributed by atoms with Crippen LogP contribution < -0.4 is 5.32 Å². The Morgan fingerprint density at radius 1 is 1.00 bits per heavy atom. The number of piperidine rings is 1. The highest BCUT2D eigenvalue weighted by Gasteiger charge is 2.27. The van der Waals surface area contributed by atoms with E-state index >= 15 is 0 Å². The second-order valence-electron chi connectivity index (χ2n) is 8.03. The molecule has 4 rings (SSSR count). The average molecular weight is 418 g/mol. The van der Waals surface area contributed by atoms with Crippen molar-refractivity contribution in [2.24, 2.45) is 0 Å². The van der Waals surface area contributed by atoms with Crippen LogP contribution in [0.1, 0.15) is 46.1 Å². The molecule has 1 saturated heterocycles. The lowest BCUT2D eigenvalue weighted by Gasteiger charge is -2.30. The lowest BCUT2D eigenvalue weighted by Crippen LogP contribution is -2.43. The van der Waals surface area contributed by atoms with Gasteiger partial charge < -0.3 is 14.7 Å². The van der Waals surface area contributed by atoms with Gasteiger partial charge in [-0.15, -0.1) is 0 Å². The fourth-order valence-electron chi connectivity index (χ4n) is 3.67. The Kier molecular flexibility index (Phi) is 6.11. The smallest absolute Gasteiger partial charge is 0.251 e. The average Bonchev–Trinajstić information content (AvgIpc) is 3.28. The minimum Gasteiger partial charge on any atom is -0.343 e. The van der Waals surface area contributed by atoms with E-state index in [2.05, 4.69) is 15.5 Å². The number of hydrogen-bond donors (Lipinski definition) is 1. The van der Waals surface area contributed by atoms with Gasteiger partial charge in [0, 0.05) is 30.1 Å². The largest absolute Gasteiger partial charge is 0.343 e. The predicted molar refractivity (Wildman–Crippen MR) is 117 cm³/mol. The molecule has 2 amide bonds. The van der Waals surface area contributed by atoms with Crippen LogP contribution in [-0.4, -0.2) is 46.5 Å². The van der Waals surface area contributed by atoms with Gasteiger partial charge in [0.15, 0.2) is 0 Å². The second kappa shape index (κ2) is 9.12. The third-order valence-corrected chi connectivity index (χ3v) is 5.66. The summed E-state index contributed by atoms with van der Waals surface area (Å²) in [5, 5.41) is 6.83. The van der Waals surface area contributed by atoms with Gasteiger partial charge in [-0.05, 0) is 38.8 Å². The monoisotopic (exact) mass is 418 g/mol. The molecule has 2 heterocycles. The van der Waals surface area contributed by atoms with Crippen LogP contribution >= 0.6 is 0 Å². The fraction of sp³-hybridized carbons (Fsp3) is 0.333. The molecule has 7 nitrogen and oxygen atoms in total. The molecular formula is C24H26N4O3. The lowest BCUT2D eigenvalue weighted by molar-refractivity contribution is -0.131. The number of carbonyl (C=O) groups excluding carboxylic acids is 2. The Morgan fingerprint density at radius 3 is 2.26 bits per heavy atom. The zero-order valence-electron chi connectivity index (χ0n) is 17.8. The van der Waals surface area contributed by atoms with Crippen molar-refractivity contribution in [1.29, 1.82) is 0 Å². The summed E-state index contributed by atoms with van der Waals surface area (Å²) in [4.78, 5) is 31.1. The highest BCUT2D eigenvalue weighted by Crippen LogP contribution is 2.28. The number of rotatable bonds is 5. The van der Waals surface area contributed by atoms with E-state index in [9.17, 15) is 9.59 Å². The molecule has 1 fully saturated rings. The maximum absolute atomic E-state index is 12.5. The van der Waals surface area contributed by atoms with Crippen LogP contribution in [-0.2, 0) is 4.79 Å². The van der Waals surface area contributed by atoms with Gasteiger partial charge in [-0.25, -0.2) is 0 Å². The van der Waals surface area contributed by atoms with Gasteiger partial charge in [0.05, 0.1) is 6.54 Å². The molecule has 3 aromatic rings. The van der Waals surface area contributed by atoms with E-state index in [4.69, 9.17) is 4.52 Å². The first-order chi connectivity index (χ1) is 15.0. The normalized spacial score (nSPS) is 14.5. The van der Waals surface area contributed by atoms with Gasteiger partial charge in [-0.1, -0.05) is 52.7 Å². The number of aryl methyl sites for hydroxylation is 2. The molecule has 0 saturated carbocycles. The third-order valence-electron chi connectivity index (χ3n) is 5.66. The molecule has 0 spiro atoms. The highest BCUT2D eigenvalue weighted by molar-refractivity contribution is 5.96. The minimum absolute atomic E-state index is 0.00446. The van der Waals surface area contributed by atoms with E-state index in [1.807, 2.05) is 50.2 Å². The van der Waals surface area contributed by atoms with Crippen LogP contribution in [0.15, 0.2) is 53.1 Å². The summed E-state index contributed by atoms with van der Waals surface area (Å²) in [6.07, 6.45) is 1.51. The van der Waals surface area contributed by atoms with Crippen molar-refractivity contribution < 1.29 is 14.1 Å². The van der Waals surface area contributed by atoms with Crippen molar-refractivity contribution >= 4 is 11.8 Å². The first-order valence-electron chi connectivity index (χ1n) is 10.5. The summed E-state index contributed by atoms with van der Waals surface area (Å²) in [5.41, 5.74) is 3.75. The van der Waals surface area contributed by atoms with Crippen LogP contribution in [0.5, 0.6) is 0 Å². The van der Waals surface area contributed by atoms with E-state index in [1.165, 1.54) is 5.56 Å². The third kappa shape index (κ3) is 4.99. The van der Waals surface area contributed by atoms with E-state index in [1.54, 1.807) is 17.0 Å². The summed E-state index contributed by atoms with van der Waals surface area (Å²) in [6, 6.07) is 15.3. The molecule has 1 aromatic heterocycles. The van der Waals surface area contributed by atoms with Crippen molar-refractivity contribution in [3.05, 3.63) is 71.1 Å². The van der Waals surface area contributed by atoms with E-state index in [0.29, 0.717) is 30.4 Å². The SMILES string of the molecule is Cc1ccc(C(=O)NCC(=O)N2CCC(c3nc(-c4ccc(C)cc4)no3)CC2)cc1. The molecule has 1 aliphatic heterocycles. The Labute approximate surface area is 181 Å². The topological polar surface area (TPSA) is 88.3 Å². The number of likely N-dealkylation sites (tertiary alicyclic amines) is 1.